The molecule has 0 heterocycles. The fraction of sp³-hybridized carbons (Fsp3) is 0. The van der Waals surface area contributed by atoms with E-state index in [-0.39, 0.29) is 31.9 Å². The van der Waals surface area contributed by atoms with Crippen molar-refractivity contribution in [3.63, 3.8) is 0 Å². The fourth-order valence-corrected chi connectivity index (χ4v) is 1.71. The van der Waals surface area contributed by atoms with E-state index >= 15 is 0 Å². The van der Waals surface area contributed by atoms with Crippen molar-refractivity contribution in [1.29, 1.82) is 10.5 Å². The first kappa shape index (κ1) is 13.6. The first-order chi connectivity index (χ1) is 8.58. The molecule has 0 N–H and O–H groups in total. The average molecular weight is 273 g/mol. The first-order valence-electron chi connectivity index (χ1n) is 4.37. The van der Waals surface area contributed by atoms with Gasteiger partial charge in [0.2, 0.25) is 0 Å². The van der Waals surface area contributed by atoms with Crippen molar-refractivity contribution in [2.45, 2.75) is 0 Å². The zero-order valence-corrected chi connectivity index (χ0v) is 10.2. The second-order valence-electron chi connectivity index (χ2n) is 2.96. The Balaban J connectivity index is 3.96. The Kier molecular flexibility index (Phi) is 4.31. The molecule has 0 saturated heterocycles. The van der Waals surface area contributed by atoms with Gasteiger partial charge in [-0.2, -0.15) is 20.2 Å². The largest absolute Gasteiger partial charge is 0.528 e. The second-order valence-corrected chi connectivity index (χ2v) is 3.77. The third-order valence-corrected chi connectivity index (χ3v) is 2.63. The van der Waals surface area contributed by atoms with Gasteiger partial charge in [0.05, 0.1) is 5.22 Å². The molecular weight excluding hydrogens is 271 g/mol. The van der Waals surface area contributed by atoms with Gasteiger partial charge in [-0.15, -0.1) is 0 Å². The average Bonchev–Trinajstić information content (AvgIpc) is 2.37. The van der Waals surface area contributed by atoms with Gasteiger partial charge in [0.25, 0.3) is 0 Å². The van der Waals surface area contributed by atoms with Crippen molar-refractivity contribution in [2.75, 3.05) is 0 Å². The second kappa shape index (κ2) is 5.72. The third-order valence-electron chi connectivity index (χ3n) is 2.00. The Bertz CT molecular complexity index is 693. The molecule has 6 heteroatoms. The summed E-state index contributed by atoms with van der Waals surface area (Å²) in [7, 11) is 0. The summed E-state index contributed by atoms with van der Waals surface area (Å²) in [5, 5.41) is 18.1. The van der Waals surface area contributed by atoms with E-state index in [2.05, 4.69) is 9.69 Å². The summed E-state index contributed by atoms with van der Waals surface area (Å²) in [5.74, 6) is -0.219. The van der Waals surface area contributed by atoms with E-state index in [9.17, 15) is 0 Å². The lowest BCUT2D eigenvalue weighted by Gasteiger charge is -1.95. The molecule has 0 unspecified atom stereocenters. The minimum atomic E-state index is -0.219. The third kappa shape index (κ3) is 2.42. The quantitative estimate of drug-likeness (QED) is 0.679. The van der Waals surface area contributed by atoms with Gasteiger partial charge in [0, 0.05) is 15.3 Å². The molecule has 0 amide bonds. The molecule has 1 aromatic rings. The number of hydrogen-bond donors (Lipinski definition) is 0. The number of nitrogens with zero attached hydrogens (tertiary/aromatic N) is 4. The van der Waals surface area contributed by atoms with Crippen molar-refractivity contribution < 1.29 is 0 Å². The van der Waals surface area contributed by atoms with Crippen LogP contribution in [-0.2, 0) is 0 Å². The number of hydrogen-bond acceptors (Lipinski definition) is 2. The summed E-state index contributed by atoms with van der Waals surface area (Å²) >= 11 is 11.8. The zero-order chi connectivity index (χ0) is 13.7. The number of nitriles is 2. The van der Waals surface area contributed by atoms with Crippen LogP contribution in [0.15, 0.2) is 12.1 Å². The van der Waals surface area contributed by atoms with Gasteiger partial charge in [0.1, 0.15) is 30.9 Å². The van der Waals surface area contributed by atoms with Crippen LogP contribution in [0.5, 0.6) is 0 Å². The zero-order valence-electron chi connectivity index (χ0n) is 8.70. The van der Waals surface area contributed by atoms with E-state index < -0.39 is 0 Å². The highest BCUT2D eigenvalue weighted by Gasteiger charge is 2.11. The van der Waals surface area contributed by atoms with Crippen LogP contribution >= 0.6 is 23.2 Å². The van der Waals surface area contributed by atoms with Crippen molar-refractivity contribution in [1.82, 2.24) is 0 Å². The van der Waals surface area contributed by atoms with Crippen LogP contribution in [0.2, 0.25) is 10.0 Å². The summed E-state index contributed by atoms with van der Waals surface area (Å²) in [6.45, 7) is 13.7. The number of halogens is 2. The van der Waals surface area contributed by atoms with Crippen molar-refractivity contribution >= 4 is 34.6 Å². The summed E-state index contributed by atoms with van der Waals surface area (Å²) in [6, 6.07) is 6.00. The van der Waals surface area contributed by atoms with Crippen LogP contribution in [0, 0.1) is 35.8 Å². The van der Waals surface area contributed by atoms with Gasteiger partial charge in [-0.3, -0.25) is 0 Å². The van der Waals surface area contributed by atoms with E-state index in [1.165, 1.54) is 12.1 Å². The maximum atomic E-state index is 8.75. The molecule has 18 heavy (non-hydrogen) atoms. The summed E-state index contributed by atoms with van der Waals surface area (Å²) in [6.07, 6.45) is 0. The molecule has 0 saturated carbocycles. The van der Waals surface area contributed by atoms with Crippen LogP contribution in [-0.4, -0.2) is 0 Å². The molecule has 1 rings (SSSR count). The van der Waals surface area contributed by atoms with Crippen LogP contribution < -0.4 is 10.4 Å². The molecule has 0 bridgehead atoms. The first-order valence-corrected chi connectivity index (χ1v) is 5.13. The van der Waals surface area contributed by atoms with Crippen molar-refractivity contribution in [3.05, 3.63) is 55.4 Å². The molecule has 0 radical (unpaired) electrons. The van der Waals surface area contributed by atoms with E-state index in [1.807, 2.05) is 0 Å². The fourth-order valence-electron chi connectivity index (χ4n) is 1.20. The van der Waals surface area contributed by atoms with Gasteiger partial charge >= 0.3 is 5.82 Å². The van der Waals surface area contributed by atoms with E-state index in [0.29, 0.717) is 0 Å². The lowest BCUT2D eigenvalue weighted by molar-refractivity contribution is 1.47. The molecule has 84 valence electrons. The molecule has 0 spiro atoms. The summed E-state index contributed by atoms with van der Waals surface area (Å²) < 4.78 is 0. The highest BCUT2D eigenvalue weighted by atomic mass is 35.5. The molecule has 0 fully saturated rings. The van der Waals surface area contributed by atoms with Crippen molar-refractivity contribution in [2.24, 2.45) is 0 Å². The van der Waals surface area contributed by atoms with Crippen LogP contribution in [0.25, 0.3) is 21.1 Å². The van der Waals surface area contributed by atoms with Gasteiger partial charge in [-0.25, -0.2) is 0 Å². The predicted octanol–water partition coefficient (Wildman–Crippen LogP) is 2.10. The topological polar surface area (TPSA) is 56.3 Å². The summed E-state index contributed by atoms with van der Waals surface area (Å²) in [4.78, 5) is 6.05. The summed E-state index contributed by atoms with van der Waals surface area (Å²) in [5.41, 5.74) is -0.180. The van der Waals surface area contributed by atoms with Crippen LogP contribution in [0.3, 0.4) is 0 Å². The standard InChI is InChI=1S/C12H2Cl2N4/c1-17-12(18-2)9-4-10(13)8(3-11(9)14)7(5-15)6-16/h3-4H. The smallest absolute Gasteiger partial charge is 0.192 e. The minimum Gasteiger partial charge on any atom is -0.192 e. The monoisotopic (exact) mass is 272 g/mol. The molecule has 0 aliphatic heterocycles. The van der Waals surface area contributed by atoms with E-state index in [0.717, 1.165) is 0 Å². The minimum absolute atomic E-state index is 0.0947. The predicted molar refractivity (Wildman–Crippen MR) is 67.0 cm³/mol. The maximum Gasteiger partial charge on any atom is 0.528 e. The van der Waals surface area contributed by atoms with Crippen LogP contribution in [0.4, 0.5) is 0 Å². The lowest BCUT2D eigenvalue weighted by Crippen LogP contribution is -2.15. The van der Waals surface area contributed by atoms with Gasteiger partial charge in [0.15, 0.2) is 0 Å². The lowest BCUT2D eigenvalue weighted by atomic mass is 10.2. The molecule has 1 aromatic carbocycles. The van der Waals surface area contributed by atoms with Crippen LogP contribution in [0.1, 0.15) is 0 Å². The Labute approximate surface area is 113 Å². The highest BCUT2D eigenvalue weighted by molar-refractivity contribution is 6.33. The number of benzene rings is 1. The Morgan fingerprint density at radius 1 is 1.00 bits per heavy atom. The van der Waals surface area contributed by atoms with E-state index in [4.69, 9.17) is 46.9 Å². The Morgan fingerprint density at radius 2 is 1.44 bits per heavy atom. The van der Waals surface area contributed by atoms with Gasteiger partial charge in [-0.1, -0.05) is 23.2 Å². The maximum absolute atomic E-state index is 8.75. The highest BCUT2D eigenvalue weighted by Crippen LogP contribution is 2.09. The molecule has 0 aliphatic carbocycles. The molecule has 0 aliphatic rings. The normalized spacial score (nSPS) is 8.33. The molecule has 0 aromatic heterocycles. The molecular formula is C12H2Cl2N4. The van der Waals surface area contributed by atoms with Gasteiger partial charge < -0.3 is 0 Å². The molecule has 0 atom stereocenters. The number of rotatable bonds is 0. The molecule has 4 nitrogen and oxygen atoms in total. The Morgan fingerprint density at radius 3 is 1.89 bits per heavy atom. The van der Waals surface area contributed by atoms with Gasteiger partial charge in [-0.05, 0) is 12.1 Å². The van der Waals surface area contributed by atoms with E-state index in [1.54, 1.807) is 12.1 Å². The van der Waals surface area contributed by atoms with Crippen molar-refractivity contribution in [3.8, 4) is 12.1 Å². The Hall–Kier alpha value is -2.50. The SMILES string of the molecule is [C-]#[N+]C([N+]#[C-])=c1cc(Cl)c(=C(C#N)C#N)cc1Cl.